The highest BCUT2D eigenvalue weighted by Gasteiger charge is 2.20. The molecule has 0 N–H and O–H groups in total. The second kappa shape index (κ2) is 6.00. The predicted molar refractivity (Wildman–Crippen MR) is 82.6 cm³/mol. The Kier molecular flexibility index (Phi) is 4.33. The van der Waals surface area contributed by atoms with E-state index in [2.05, 4.69) is 0 Å². The summed E-state index contributed by atoms with van der Waals surface area (Å²) in [6.07, 6.45) is 1.60. The van der Waals surface area contributed by atoms with Crippen LogP contribution in [-0.2, 0) is 6.42 Å². The number of aryl methyl sites for hydroxylation is 1. The molecule has 2 rings (SSSR count). The zero-order valence-corrected chi connectivity index (χ0v) is 12.3. The summed E-state index contributed by atoms with van der Waals surface area (Å²) in [5.74, 6) is 0.103. The Bertz CT molecular complexity index is 668. The number of carbonyl (C=O) groups excluding carboxylic acids is 2. The molecular formula is C18H20O2. The number of ketones is 2. The fourth-order valence-corrected chi connectivity index (χ4v) is 2.70. The quantitative estimate of drug-likeness (QED) is 0.743. The fourth-order valence-electron chi connectivity index (χ4n) is 2.70. The van der Waals surface area contributed by atoms with E-state index in [-0.39, 0.29) is 11.6 Å². The van der Waals surface area contributed by atoms with E-state index in [1.807, 2.05) is 51.1 Å². The zero-order valence-electron chi connectivity index (χ0n) is 12.3. The standard InChI is InChI=1S/C18H20O2/c1-4-13-14-10-8-7-9-12(14)11-15(16(19)5-2)18(13)17(20)6-3/h7-11H,4-6H2,1-3H3. The number of rotatable bonds is 5. The first-order chi connectivity index (χ1) is 9.63. The maximum Gasteiger partial charge on any atom is 0.163 e. The molecule has 2 aromatic rings. The van der Waals surface area contributed by atoms with Crippen molar-refractivity contribution in [2.75, 3.05) is 0 Å². The number of hydrogen-bond donors (Lipinski definition) is 0. The van der Waals surface area contributed by atoms with Crippen LogP contribution < -0.4 is 0 Å². The van der Waals surface area contributed by atoms with Crippen LogP contribution in [0.5, 0.6) is 0 Å². The van der Waals surface area contributed by atoms with E-state index in [1.54, 1.807) is 0 Å². The summed E-state index contributed by atoms with van der Waals surface area (Å²) in [6, 6.07) is 9.84. The first-order valence-electron chi connectivity index (χ1n) is 7.24. The van der Waals surface area contributed by atoms with Gasteiger partial charge in [0.2, 0.25) is 0 Å². The Labute approximate surface area is 119 Å². The molecule has 2 nitrogen and oxygen atoms in total. The van der Waals surface area contributed by atoms with Crippen LogP contribution in [-0.4, -0.2) is 11.6 Å². The van der Waals surface area contributed by atoms with Crippen molar-refractivity contribution < 1.29 is 9.59 Å². The van der Waals surface area contributed by atoms with Gasteiger partial charge >= 0.3 is 0 Å². The third-order valence-electron chi connectivity index (χ3n) is 3.73. The molecule has 0 radical (unpaired) electrons. The second-order valence-corrected chi connectivity index (χ2v) is 4.91. The van der Waals surface area contributed by atoms with Crippen LogP contribution >= 0.6 is 0 Å². The molecule has 0 spiro atoms. The molecule has 0 saturated carbocycles. The predicted octanol–water partition coefficient (Wildman–Crippen LogP) is 4.59. The van der Waals surface area contributed by atoms with Gasteiger partial charge in [0, 0.05) is 24.0 Å². The Morgan fingerprint density at radius 2 is 1.60 bits per heavy atom. The van der Waals surface area contributed by atoms with Crippen LogP contribution in [0.3, 0.4) is 0 Å². The van der Waals surface area contributed by atoms with E-state index in [9.17, 15) is 9.59 Å². The molecule has 0 amide bonds. The molecule has 0 bridgehead atoms. The van der Waals surface area contributed by atoms with Gasteiger partial charge < -0.3 is 0 Å². The van der Waals surface area contributed by atoms with E-state index in [0.717, 1.165) is 22.8 Å². The highest BCUT2D eigenvalue weighted by molar-refractivity contribution is 6.13. The summed E-state index contributed by atoms with van der Waals surface area (Å²) in [5, 5.41) is 2.12. The van der Waals surface area contributed by atoms with Crippen molar-refractivity contribution in [1.82, 2.24) is 0 Å². The summed E-state index contributed by atoms with van der Waals surface area (Å²) < 4.78 is 0. The van der Waals surface area contributed by atoms with Gasteiger partial charge in [-0.15, -0.1) is 0 Å². The second-order valence-electron chi connectivity index (χ2n) is 4.91. The minimum absolute atomic E-state index is 0.0438. The average molecular weight is 268 g/mol. The lowest BCUT2D eigenvalue weighted by molar-refractivity contribution is 0.0955. The minimum Gasteiger partial charge on any atom is -0.294 e. The highest BCUT2D eigenvalue weighted by Crippen LogP contribution is 2.28. The third kappa shape index (κ3) is 2.38. The monoisotopic (exact) mass is 268 g/mol. The van der Waals surface area contributed by atoms with Gasteiger partial charge in [-0.25, -0.2) is 0 Å². The minimum atomic E-state index is 0.0438. The Morgan fingerprint density at radius 3 is 2.20 bits per heavy atom. The number of Topliss-reactive ketones (excluding diaryl/α,β-unsaturated/α-hetero) is 2. The van der Waals surface area contributed by atoms with Gasteiger partial charge in [-0.3, -0.25) is 9.59 Å². The molecule has 0 aromatic heterocycles. The maximum absolute atomic E-state index is 12.3. The van der Waals surface area contributed by atoms with Crippen molar-refractivity contribution in [3.05, 3.63) is 47.0 Å². The molecule has 2 aromatic carbocycles. The van der Waals surface area contributed by atoms with Crippen molar-refractivity contribution in [1.29, 1.82) is 0 Å². The topological polar surface area (TPSA) is 34.1 Å². The Hall–Kier alpha value is -1.96. The van der Waals surface area contributed by atoms with E-state index in [0.29, 0.717) is 24.0 Å². The van der Waals surface area contributed by atoms with Crippen LogP contribution in [0, 0.1) is 0 Å². The fraction of sp³-hybridized carbons (Fsp3) is 0.333. The first-order valence-corrected chi connectivity index (χ1v) is 7.24. The smallest absolute Gasteiger partial charge is 0.163 e. The largest absolute Gasteiger partial charge is 0.294 e. The number of carbonyl (C=O) groups is 2. The van der Waals surface area contributed by atoms with Crippen molar-refractivity contribution in [2.45, 2.75) is 40.0 Å². The Balaban J connectivity index is 2.88. The van der Waals surface area contributed by atoms with Gasteiger partial charge in [-0.1, -0.05) is 45.0 Å². The van der Waals surface area contributed by atoms with Gasteiger partial charge in [-0.2, -0.15) is 0 Å². The van der Waals surface area contributed by atoms with E-state index in [4.69, 9.17) is 0 Å². The van der Waals surface area contributed by atoms with Crippen molar-refractivity contribution >= 4 is 22.3 Å². The molecule has 0 atom stereocenters. The molecule has 0 aliphatic heterocycles. The van der Waals surface area contributed by atoms with Crippen LogP contribution in [0.15, 0.2) is 30.3 Å². The molecule has 0 unspecified atom stereocenters. The lowest BCUT2D eigenvalue weighted by atomic mass is 9.87. The third-order valence-corrected chi connectivity index (χ3v) is 3.73. The summed E-state index contributed by atoms with van der Waals surface area (Å²) in [5.41, 5.74) is 2.24. The van der Waals surface area contributed by atoms with Gasteiger partial charge in [0.15, 0.2) is 11.6 Å². The van der Waals surface area contributed by atoms with Gasteiger partial charge in [0.25, 0.3) is 0 Å². The van der Waals surface area contributed by atoms with Gasteiger partial charge in [0.1, 0.15) is 0 Å². The lowest BCUT2D eigenvalue weighted by Gasteiger charge is -2.15. The summed E-state index contributed by atoms with van der Waals surface area (Å²) in [6.45, 7) is 5.72. The molecule has 0 aliphatic carbocycles. The first kappa shape index (κ1) is 14.4. The number of benzene rings is 2. The Morgan fingerprint density at radius 1 is 0.950 bits per heavy atom. The SMILES string of the molecule is CCC(=O)c1cc2ccccc2c(CC)c1C(=O)CC. The van der Waals surface area contributed by atoms with Gasteiger partial charge in [0.05, 0.1) is 0 Å². The average Bonchev–Trinajstić information content (AvgIpc) is 2.51. The molecule has 20 heavy (non-hydrogen) atoms. The summed E-state index contributed by atoms with van der Waals surface area (Å²) in [7, 11) is 0. The molecule has 2 heteroatoms. The van der Waals surface area contributed by atoms with Crippen molar-refractivity contribution in [3.63, 3.8) is 0 Å². The van der Waals surface area contributed by atoms with Crippen molar-refractivity contribution in [3.8, 4) is 0 Å². The number of fused-ring (bicyclic) bond motifs is 1. The number of hydrogen-bond acceptors (Lipinski definition) is 2. The molecule has 0 saturated heterocycles. The molecule has 104 valence electrons. The highest BCUT2D eigenvalue weighted by atomic mass is 16.1. The van der Waals surface area contributed by atoms with Crippen LogP contribution in [0.4, 0.5) is 0 Å². The zero-order chi connectivity index (χ0) is 14.7. The van der Waals surface area contributed by atoms with E-state index in [1.165, 1.54) is 0 Å². The van der Waals surface area contributed by atoms with Crippen LogP contribution in [0.25, 0.3) is 10.8 Å². The van der Waals surface area contributed by atoms with Crippen molar-refractivity contribution in [2.24, 2.45) is 0 Å². The molecule has 0 fully saturated rings. The normalized spacial score (nSPS) is 10.8. The van der Waals surface area contributed by atoms with E-state index >= 15 is 0 Å². The lowest BCUT2D eigenvalue weighted by Crippen LogP contribution is -2.12. The molecular weight excluding hydrogens is 248 g/mol. The maximum atomic E-state index is 12.3. The van der Waals surface area contributed by atoms with Crippen LogP contribution in [0.1, 0.15) is 59.9 Å². The van der Waals surface area contributed by atoms with Gasteiger partial charge in [-0.05, 0) is 28.8 Å². The summed E-state index contributed by atoms with van der Waals surface area (Å²) >= 11 is 0. The molecule has 0 aliphatic rings. The molecule has 0 heterocycles. The van der Waals surface area contributed by atoms with Crippen LogP contribution in [0.2, 0.25) is 0 Å². The summed E-state index contributed by atoms with van der Waals surface area (Å²) in [4.78, 5) is 24.5. The van der Waals surface area contributed by atoms with E-state index < -0.39 is 0 Å².